The molecule has 1 unspecified atom stereocenters. The normalized spacial score (nSPS) is 26.3. The van der Waals surface area contributed by atoms with E-state index in [1.165, 1.54) is 18.9 Å². The zero-order valence-corrected chi connectivity index (χ0v) is 11.5. The summed E-state index contributed by atoms with van der Waals surface area (Å²) in [5.41, 5.74) is 7.08. The number of hydrogen-bond acceptors (Lipinski definition) is 2. The van der Waals surface area contributed by atoms with Crippen LogP contribution in [0.5, 0.6) is 0 Å². The van der Waals surface area contributed by atoms with Gasteiger partial charge in [-0.15, -0.1) is 0 Å². The Labute approximate surface area is 109 Å². The number of nitrogens with two attached hydrogens (primary N) is 1. The lowest BCUT2D eigenvalue weighted by molar-refractivity contribution is 0.207. The number of halogens is 1. The molecule has 0 radical (unpaired) electrons. The van der Waals surface area contributed by atoms with Crippen LogP contribution in [-0.4, -0.2) is 19.1 Å². The lowest BCUT2D eigenvalue weighted by atomic mass is 9.73. The molecule has 0 aliphatic heterocycles. The number of anilines is 1. The largest absolute Gasteiger partial charge is 0.367 e. The van der Waals surface area contributed by atoms with Crippen molar-refractivity contribution in [3.05, 3.63) is 30.1 Å². The molecule has 0 aromatic heterocycles. The predicted octanol–water partition coefficient (Wildman–Crippen LogP) is 3.17. The van der Waals surface area contributed by atoms with Gasteiger partial charge in [-0.1, -0.05) is 26.3 Å². The van der Waals surface area contributed by atoms with Crippen LogP contribution in [0.25, 0.3) is 0 Å². The Kier molecular flexibility index (Phi) is 3.37. The average molecular weight is 250 g/mol. The maximum atomic E-state index is 13.4. The van der Waals surface area contributed by atoms with Gasteiger partial charge in [0.2, 0.25) is 0 Å². The van der Waals surface area contributed by atoms with Crippen LogP contribution in [0.3, 0.4) is 0 Å². The Morgan fingerprint density at radius 1 is 1.33 bits per heavy atom. The molecule has 2 N–H and O–H groups in total. The molecule has 1 aromatic carbocycles. The third-order valence-electron chi connectivity index (χ3n) is 4.83. The van der Waals surface area contributed by atoms with Crippen LogP contribution in [-0.2, 0) is 0 Å². The zero-order chi connectivity index (χ0) is 13.4. The minimum absolute atomic E-state index is 0.0687. The van der Waals surface area contributed by atoms with Gasteiger partial charge in [-0.3, -0.25) is 0 Å². The average Bonchev–Trinajstić information content (AvgIpc) is 2.64. The van der Waals surface area contributed by atoms with Crippen molar-refractivity contribution in [2.45, 2.75) is 38.6 Å². The molecule has 0 bridgehead atoms. The summed E-state index contributed by atoms with van der Waals surface area (Å²) in [6.07, 6.45) is 3.43. The Morgan fingerprint density at radius 2 is 2.06 bits per heavy atom. The van der Waals surface area contributed by atoms with E-state index in [1.54, 1.807) is 12.1 Å². The second-order valence-corrected chi connectivity index (χ2v) is 6.01. The molecule has 1 saturated carbocycles. The Hall–Kier alpha value is -1.09. The first-order valence-corrected chi connectivity index (χ1v) is 6.62. The third-order valence-corrected chi connectivity index (χ3v) is 4.83. The van der Waals surface area contributed by atoms with Crippen LogP contribution in [0.4, 0.5) is 10.1 Å². The molecule has 100 valence electrons. The standard InChI is InChI=1S/C15H23FN2/c1-14(2)8-5-9-15(14,11-17)18(3)13-7-4-6-12(16)10-13/h4,6-7,10H,5,8-9,11,17H2,1-3H3. The SMILES string of the molecule is CN(c1cccc(F)c1)C1(CN)CCCC1(C)C. The van der Waals surface area contributed by atoms with Crippen molar-refractivity contribution in [1.29, 1.82) is 0 Å². The summed E-state index contributed by atoms with van der Waals surface area (Å²) in [4.78, 5) is 2.18. The van der Waals surface area contributed by atoms with E-state index in [0.717, 1.165) is 12.1 Å². The summed E-state index contributed by atoms with van der Waals surface area (Å²) < 4.78 is 13.4. The summed E-state index contributed by atoms with van der Waals surface area (Å²) in [6.45, 7) is 5.14. The van der Waals surface area contributed by atoms with Crippen LogP contribution in [0.1, 0.15) is 33.1 Å². The molecule has 3 heteroatoms. The number of nitrogens with zero attached hydrogens (tertiary/aromatic N) is 1. The monoisotopic (exact) mass is 250 g/mol. The fourth-order valence-corrected chi connectivity index (χ4v) is 3.46. The van der Waals surface area contributed by atoms with Crippen LogP contribution >= 0.6 is 0 Å². The van der Waals surface area contributed by atoms with E-state index in [9.17, 15) is 4.39 Å². The van der Waals surface area contributed by atoms with E-state index in [1.807, 2.05) is 13.1 Å². The molecule has 2 nitrogen and oxygen atoms in total. The van der Waals surface area contributed by atoms with E-state index < -0.39 is 0 Å². The first-order chi connectivity index (χ1) is 8.43. The zero-order valence-electron chi connectivity index (χ0n) is 11.5. The van der Waals surface area contributed by atoms with E-state index in [2.05, 4.69) is 18.7 Å². The number of hydrogen-bond donors (Lipinski definition) is 1. The summed E-state index contributed by atoms with van der Waals surface area (Å²) in [7, 11) is 2.04. The maximum absolute atomic E-state index is 13.4. The number of rotatable bonds is 3. The van der Waals surface area contributed by atoms with Crippen molar-refractivity contribution < 1.29 is 4.39 Å². The molecular formula is C15H23FN2. The first-order valence-electron chi connectivity index (χ1n) is 6.62. The second-order valence-electron chi connectivity index (χ2n) is 6.01. The molecule has 0 saturated heterocycles. The van der Waals surface area contributed by atoms with Crippen LogP contribution in [0.2, 0.25) is 0 Å². The molecule has 1 fully saturated rings. The molecule has 1 atom stereocenters. The van der Waals surface area contributed by atoms with Gasteiger partial charge in [-0.25, -0.2) is 4.39 Å². The van der Waals surface area contributed by atoms with Crippen molar-refractivity contribution in [2.24, 2.45) is 11.1 Å². The van der Waals surface area contributed by atoms with Gasteiger partial charge in [0, 0.05) is 19.3 Å². The van der Waals surface area contributed by atoms with Gasteiger partial charge < -0.3 is 10.6 Å². The van der Waals surface area contributed by atoms with Crippen molar-refractivity contribution in [3.8, 4) is 0 Å². The van der Waals surface area contributed by atoms with Crippen molar-refractivity contribution in [1.82, 2.24) is 0 Å². The van der Waals surface area contributed by atoms with Gasteiger partial charge in [-0.2, -0.15) is 0 Å². The van der Waals surface area contributed by atoms with Gasteiger partial charge >= 0.3 is 0 Å². The summed E-state index contributed by atoms with van der Waals surface area (Å²) in [5, 5.41) is 0. The van der Waals surface area contributed by atoms with E-state index in [-0.39, 0.29) is 16.8 Å². The lowest BCUT2D eigenvalue weighted by Crippen LogP contribution is -2.58. The van der Waals surface area contributed by atoms with Gasteiger partial charge in [0.25, 0.3) is 0 Å². The quantitative estimate of drug-likeness (QED) is 0.892. The highest BCUT2D eigenvalue weighted by molar-refractivity contribution is 5.50. The Bertz CT molecular complexity index is 430. The van der Waals surface area contributed by atoms with Crippen molar-refractivity contribution in [2.75, 3.05) is 18.5 Å². The maximum Gasteiger partial charge on any atom is 0.125 e. The molecule has 0 spiro atoms. The molecule has 1 aliphatic carbocycles. The number of benzene rings is 1. The van der Waals surface area contributed by atoms with E-state index >= 15 is 0 Å². The molecule has 0 heterocycles. The fraction of sp³-hybridized carbons (Fsp3) is 0.600. The van der Waals surface area contributed by atoms with E-state index in [4.69, 9.17) is 5.73 Å². The van der Waals surface area contributed by atoms with Gasteiger partial charge in [-0.05, 0) is 36.5 Å². The predicted molar refractivity (Wildman–Crippen MR) is 74.2 cm³/mol. The third kappa shape index (κ3) is 1.91. The summed E-state index contributed by atoms with van der Waals surface area (Å²) >= 11 is 0. The van der Waals surface area contributed by atoms with E-state index in [0.29, 0.717) is 6.54 Å². The highest BCUT2D eigenvalue weighted by Crippen LogP contribution is 2.49. The van der Waals surface area contributed by atoms with Crippen LogP contribution in [0, 0.1) is 11.2 Å². The van der Waals surface area contributed by atoms with Gasteiger partial charge in [0.1, 0.15) is 5.82 Å². The summed E-state index contributed by atoms with van der Waals surface area (Å²) in [5.74, 6) is -0.192. The molecule has 1 aliphatic rings. The van der Waals surface area contributed by atoms with Crippen molar-refractivity contribution >= 4 is 5.69 Å². The topological polar surface area (TPSA) is 29.3 Å². The molecule has 0 amide bonds. The minimum Gasteiger partial charge on any atom is -0.367 e. The fourth-order valence-electron chi connectivity index (χ4n) is 3.46. The molecular weight excluding hydrogens is 227 g/mol. The Balaban J connectivity index is 2.39. The van der Waals surface area contributed by atoms with Crippen molar-refractivity contribution in [3.63, 3.8) is 0 Å². The van der Waals surface area contributed by atoms with Crippen LogP contribution in [0.15, 0.2) is 24.3 Å². The summed E-state index contributed by atoms with van der Waals surface area (Å²) in [6, 6.07) is 6.78. The van der Waals surface area contributed by atoms with Crippen LogP contribution < -0.4 is 10.6 Å². The molecule has 1 aromatic rings. The number of likely N-dealkylation sites (N-methyl/N-ethyl adjacent to an activating group) is 1. The first kappa shape index (κ1) is 13.3. The van der Waals surface area contributed by atoms with Gasteiger partial charge in [0.05, 0.1) is 5.54 Å². The Morgan fingerprint density at radius 3 is 2.56 bits per heavy atom. The lowest BCUT2D eigenvalue weighted by Gasteiger charge is -2.49. The highest BCUT2D eigenvalue weighted by Gasteiger charge is 2.50. The highest BCUT2D eigenvalue weighted by atomic mass is 19.1. The van der Waals surface area contributed by atoms with Gasteiger partial charge in [0.15, 0.2) is 0 Å². The molecule has 18 heavy (non-hydrogen) atoms. The second kappa shape index (κ2) is 4.54. The minimum atomic E-state index is -0.192. The smallest absolute Gasteiger partial charge is 0.125 e. The molecule has 2 rings (SSSR count).